The standard InChI is InChI=1S/C16H17ClN2O2/c1-10-8-13(14(21-2)9-12(10)17)19-16(20)15(18)11-6-4-3-5-7-11/h3-9,15H,18H2,1-2H3,(H,19,20)/t15-/m0/s1. The molecule has 110 valence electrons. The van der Waals surface area contributed by atoms with Crippen LogP contribution in [0.3, 0.4) is 0 Å². The molecule has 0 heterocycles. The molecule has 0 unspecified atom stereocenters. The van der Waals surface area contributed by atoms with Gasteiger partial charge in [0.15, 0.2) is 0 Å². The molecule has 0 bridgehead atoms. The second kappa shape index (κ2) is 6.61. The molecule has 0 aliphatic heterocycles. The van der Waals surface area contributed by atoms with E-state index >= 15 is 0 Å². The topological polar surface area (TPSA) is 64.3 Å². The number of benzene rings is 2. The van der Waals surface area contributed by atoms with E-state index in [-0.39, 0.29) is 5.91 Å². The van der Waals surface area contributed by atoms with E-state index in [1.54, 1.807) is 12.1 Å². The second-order valence-corrected chi connectivity index (χ2v) is 5.09. The Bertz CT molecular complexity index is 644. The first-order chi connectivity index (χ1) is 10.0. The lowest BCUT2D eigenvalue weighted by Crippen LogP contribution is -2.27. The van der Waals surface area contributed by atoms with E-state index < -0.39 is 6.04 Å². The number of hydrogen-bond acceptors (Lipinski definition) is 3. The van der Waals surface area contributed by atoms with Crippen molar-refractivity contribution in [1.29, 1.82) is 0 Å². The van der Waals surface area contributed by atoms with Crippen LogP contribution < -0.4 is 15.8 Å². The summed E-state index contributed by atoms with van der Waals surface area (Å²) in [7, 11) is 1.52. The Morgan fingerprint density at radius 3 is 2.57 bits per heavy atom. The molecule has 0 radical (unpaired) electrons. The second-order valence-electron chi connectivity index (χ2n) is 4.68. The zero-order valence-corrected chi connectivity index (χ0v) is 12.6. The van der Waals surface area contributed by atoms with Crippen LogP contribution in [0, 0.1) is 6.92 Å². The maximum absolute atomic E-state index is 12.3. The highest BCUT2D eigenvalue weighted by molar-refractivity contribution is 6.31. The minimum absolute atomic E-state index is 0.304. The predicted molar refractivity (Wildman–Crippen MR) is 84.7 cm³/mol. The largest absolute Gasteiger partial charge is 0.495 e. The summed E-state index contributed by atoms with van der Waals surface area (Å²) in [6, 6.07) is 11.9. The van der Waals surface area contributed by atoms with Gasteiger partial charge in [-0.3, -0.25) is 4.79 Å². The molecule has 0 saturated carbocycles. The molecule has 3 N–H and O–H groups in total. The van der Waals surface area contributed by atoms with E-state index in [1.807, 2.05) is 37.3 Å². The monoisotopic (exact) mass is 304 g/mol. The average Bonchev–Trinajstić information content (AvgIpc) is 2.50. The molecule has 4 nitrogen and oxygen atoms in total. The molecule has 21 heavy (non-hydrogen) atoms. The summed E-state index contributed by atoms with van der Waals surface area (Å²) >= 11 is 6.04. The van der Waals surface area contributed by atoms with E-state index in [0.717, 1.165) is 11.1 Å². The fourth-order valence-electron chi connectivity index (χ4n) is 1.95. The third-order valence-corrected chi connectivity index (χ3v) is 3.59. The van der Waals surface area contributed by atoms with Gasteiger partial charge in [0.2, 0.25) is 5.91 Å². The molecule has 5 heteroatoms. The molecular weight excluding hydrogens is 288 g/mol. The number of carbonyl (C=O) groups excluding carboxylic acids is 1. The van der Waals surface area contributed by atoms with Crippen molar-refractivity contribution in [3.63, 3.8) is 0 Å². The number of rotatable bonds is 4. The van der Waals surface area contributed by atoms with Crippen LogP contribution in [0.15, 0.2) is 42.5 Å². The lowest BCUT2D eigenvalue weighted by Gasteiger charge is -2.15. The fraction of sp³-hybridized carbons (Fsp3) is 0.188. The van der Waals surface area contributed by atoms with Crippen molar-refractivity contribution in [1.82, 2.24) is 0 Å². The SMILES string of the molecule is COc1cc(Cl)c(C)cc1NC(=O)[C@@H](N)c1ccccc1. The van der Waals surface area contributed by atoms with Crippen LogP contribution in [-0.4, -0.2) is 13.0 Å². The fourth-order valence-corrected chi connectivity index (χ4v) is 2.11. The molecule has 2 rings (SSSR count). The summed E-state index contributed by atoms with van der Waals surface area (Å²) in [5.41, 5.74) is 8.12. The summed E-state index contributed by atoms with van der Waals surface area (Å²) in [4.78, 5) is 12.3. The number of carbonyl (C=O) groups is 1. The Morgan fingerprint density at radius 1 is 1.29 bits per heavy atom. The van der Waals surface area contributed by atoms with Gasteiger partial charge in [-0.25, -0.2) is 0 Å². The minimum Gasteiger partial charge on any atom is -0.495 e. The van der Waals surface area contributed by atoms with E-state index in [9.17, 15) is 4.79 Å². The predicted octanol–water partition coefficient (Wildman–Crippen LogP) is 3.30. The van der Waals surface area contributed by atoms with Crippen LogP contribution in [0.5, 0.6) is 5.75 Å². The van der Waals surface area contributed by atoms with Gasteiger partial charge in [-0.2, -0.15) is 0 Å². The Morgan fingerprint density at radius 2 is 1.95 bits per heavy atom. The molecule has 0 aromatic heterocycles. The highest BCUT2D eigenvalue weighted by Gasteiger charge is 2.17. The molecule has 1 amide bonds. The van der Waals surface area contributed by atoms with Crippen LogP contribution >= 0.6 is 11.6 Å². The van der Waals surface area contributed by atoms with Crippen molar-refractivity contribution < 1.29 is 9.53 Å². The number of methoxy groups -OCH3 is 1. The molecule has 0 saturated heterocycles. The quantitative estimate of drug-likeness (QED) is 0.911. The Hall–Kier alpha value is -2.04. The maximum atomic E-state index is 12.3. The third-order valence-electron chi connectivity index (χ3n) is 3.18. The van der Waals surface area contributed by atoms with Crippen molar-refractivity contribution in [2.75, 3.05) is 12.4 Å². The van der Waals surface area contributed by atoms with Crippen molar-refractivity contribution in [2.24, 2.45) is 5.73 Å². The highest BCUT2D eigenvalue weighted by atomic mass is 35.5. The first-order valence-electron chi connectivity index (χ1n) is 6.48. The summed E-state index contributed by atoms with van der Waals surface area (Å²) < 4.78 is 5.23. The van der Waals surface area contributed by atoms with Gasteiger partial charge in [0.05, 0.1) is 12.8 Å². The summed E-state index contributed by atoms with van der Waals surface area (Å²) in [6.07, 6.45) is 0. The Kier molecular flexibility index (Phi) is 4.83. The molecule has 2 aromatic rings. The van der Waals surface area contributed by atoms with Crippen LogP contribution in [0.1, 0.15) is 17.2 Å². The van der Waals surface area contributed by atoms with E-state index in [1.165, 1.54) is 7.11 Å². The number of nitrogens with two attached hydrogens (primary N) is 1. The number of hydrogen-bond donors (Lipinski definition) is 2. The maximum Gasteiger partial charge on any atom is 0.245 e. The van der Waals surface area contributed by atoms with Crippen LogP contribution in [0.4, 0.5) is 5.69 Å². The zero-order chi connectivity index (χ0) is 15.4. The molecular formula is C16H17ClN2O2. The molecule has 0 spiro atoms. The number of ether oxygens (including phenoxy) is 1. The van der Waals surface area contributed by atoms with Gasteiger partial charge in [0, 0.05) is 11.1 Å². The first-order valence-corrected chi connectivity index (χ1v) is 6.86. The van der Waals surface area contributed by atoms with Crippen LogP contribution in [0.25, 0.3) is 0 Å². The number of halogens is 1. The van der Waals surface area contributed by atoms with Gasteiger partial charge < -0.3 is 15.8 Å². The van der Waals surface area contributed by atoms with Gasteiger partial charge in [0.1, 0.15) is 11.8 Å². The lowest BCUT2D eigenvalue weighted by molar-refractivity contribution is -0.117. The van der Waals surface area contributed by atoms with E-state index in [4.69, 9.17) is 22.1 Å². The van der Waals surface area contributed by atoms with Gasteiger partial charge in [-0.1, -0.05) is 41.9 Å². The van der Waals surface area contributed by atoms with E-state index in [0.29, 0.717) is 16.5 Å². The molecule has 0 aliphatic carbocycles. The van der Waals surface area contributed by atoms with Gasteiger partial charge in [0.25, 0.3) is 0 Å². The smallest absolute Gasteiger partial charge is 0.245 e. The van der Waals surface area contributed by atoms with Crippen molar-refractivity contribution in [3.8, 4) is 5.75 Å². The minimum atomic E-state index is -0.744. The Balaban J connectivity index is 2.22. The zero-order valence-electron chi connectivity index (χ0n) is 11.9. The Labute approximate surface area is 128 Å². The third kappa shape index (κ3) is 3.54. The van der Waals surface area contributed by atoms with Crippen LogP contribution in [-0.2, 0) is 4.79 Å². The normalized spacial score (nSPS) is 11.8. The van der Waals surface area contributed by atoms with Crippen molar-refractivity contribution in [2.45, 2.75) is 13.0 Å². The number of anilines is 1. The highest BCUT2D eigenvalue weighted by Crippen LogP contribution is 2.31. The molecule has 1 atom stereocenters. The number of aryl methyl sites for hydroxylation is 1. The lowest BCUT2D eigenvalue weighted by atomic mass is 10.1. The number of nitrogens with one attached hydrogen (secondary N) is 1. The first kappa shape index (κ1) is 15.4. The summed E-state index contributed by atoms with van der Waals surface area (Å²) in [6.45, 7) is 1.86. The summed E-state index contributed by atoms with van der Waals surface area (Å²) in [5.74, 6) is 0.195. The van der Waals surface area contributed by atoms with Gasteiger partial charge in [-0.05, 0) is 24.1 Å². The van der Waals surface area contributed by atoms with Gasteiger partial charge in [-0.15, -0.1) is 0 Å². The number of amides is 1. The van der Waals surface area contributed by atoms with Crippen LogP contribution in [0.2, 0.25) is 5.02 Å². The van der Waals surface area contributed by atoms with Gasteiger partial charge >= 0.3 is 0 Å². The molecule has 0 aliphatic rings. The van der Waals surface area contributed by atoms with Crippen molar-refractivity contribution >= 4 is 23.2 Å². The van der Waals surface area contributed by atoms with Crippen molar-refractivity contribution in [3.05, 3.63) is 58.6 Å². The molecule has 0 fully saturated rings. The summed E-state index contributed by atoms with van der Waals surface area (Å²) in [5, 5.41) is 3.36. The molecule has 2 aromatic carbocycles. The average molecular weight is 305 g/mol. The van der Waals surface area contributed by atoms with E-state index in [2.05, 4.69) is 5.32 Å².